The number of para-hydroxylation sites is 1. The van der Waals surface area contributed by atoms with Crippen LogP contribution >= 0.6 is 0 Å². The second kappa shape index (κ2) is 10.8. The summed E-state index contributed by atoms with van der Waals surface area (Å²) in [6.07, 6.45) is 3.79. The first-order valence-corrected chi connectivity index (χ1v) is 15.5. The van der Waals surface area contributed by atoms with Crippen LogP contribution in [0.1, 0.15) is 51.1 Å². The van der Waals surface area contributed by atoms with Gasteiger partial charge in [0.1, 0.15) is 16.3 Å². The zero-order valence-corrected chi connectivity index (χ0v) is 23.4. The predicted octanol–water partition coefficient (Wildman–Crippen LogP) is 5.33. The number of ether oxygens (including phenoxy) is 2. The van der Waals surface area contributed by atoms with Gasteiger partial charge in [0.2, 0.25) is 0 Å². The van der Waals surface area contributed by atoms with E-state index in [9.17, 15) is 13.2 Å². The third-order valence-corrected chi connectivity index (χ3v) is 11.2. The van der Waals surface area contributed by atoms with Gasteiger partial charge in [0.05, 0.1) is 30.2 Å². The minimum Gasteiger partial charge on any atom is -0.410 e. The van der Waals surface area contributed by atoms with Crippen LogP contribution in [-0.2, 0) is 19.3 Å². The molecule has 0 bridgehead atoms. The van der Waals surface area contributed by atoms with Gasteiger partial charge in [-0.15, -0.1) is 0 Å². The van der Waals surface area contributed by atoms with E-state index in [1.807, 2.05) is 24.3 Å². The third-order valence-electron chi connectivity index (χ3n) is 8.10. The molecule has 210 valence electrons. The van der Waals surface area contributed by atoms with Crippen molar-refractivity contribution in [1.82, 2.24) is 9.97 Å². The second-order valence-corrected chi connectivity index (χ2v) is 13.4. The van der Waals surface area contributed by atoms with Crippen molar-refractivity contribution in [3.63, 3.8) is 0 Å². The number of carbonyl (C=O) groups is 1. The molecule has 10 heteroatoms. The van der Waals surface area contributed by atoms with Gasteiger partial charge in [0, 0.05) is 23.9 Å². The molecular weight excluding hydrogens is 528 g/mol. The Kier molecular flexibility index (Phi) is 7.22. The number of aromatic nitrogens is 2. The predicted molar refractivity (Wildman–Crippen MR) is 153 cm³/mol. The molecule has 9 nitrogen and oxygen atoms in total. The van der Waals surface area contributed by atoms with Gasteiger partial charge in [-0.05, 0) is 69.0 Å². The molecule has 1 saturated heterocycles. The minimum atomic E-state index is -3.38. The van der Waals surface area contributed by atoms with Gasteiger partial charge in [-0.1, -0.05) is 31.0 Å². The fourth-order valence-corrected chi connectivity index (χ4v) is 8.43. The average molecular weight is 563 g/mol. The monoisotopic (exact) mass is 562 g/mol. The number of carbonyl (C=O) groups excluding carboxylic acids is 1. The molecule has 1 aromatic heterocycles. The molecule has 40 heavy (non-hydrogen) atoms. The molecular formula is C30H34N4O5S. The van der Waals surface area contributed by atoms with Crippen LogP contribution < -0.4 is 15.0 Å². The molecule has 0 radical (unpaired) electrons. The first kappa shape index (κ1) is 26.7. The van der Waals surface area contributed by atoms with E-state index in [-0.39, 0.29) is 11.3 Å². The Morgan fingerprint density at radius 2 is 1.77 bits per heavy atom. The highest BCUT2D eigenvalue weighted by atomic mass is 32.2. The molecule has 1 atom stereocenters. The Bertz CT molecular complexity index is 1470. The molecule has 6 rings (SSSR count). The zero-order chi connectivity index (χ0) is 27.7. The van der Waals surface area contributed by atoms with Gasteiger partial charge in [-0.2, -0.15) is 0 Å². The standard InChI is InChI=1S/C30H34N4O5S/c1-21-20-38-18-17-34(21)27-19-26(30(15-5-6-16-30)40(36,37)25-13-14-25)32-28(33-27)22-9-11-23(12-10-22)31-29(35)39-24-7-3-2-4-8-24/h2-4,7-12,19,21,25H,5-6,13-18,20H2,1H3,(H,31,35)/t21-/m0/s1. The first-order chi connectivity index (χ1) is 19.4. The number of nitrogens with zero attached hydrogens (tertiary/aromatic N) is 3. The number of anilines is 2. The van der Waals surface area contributed by atoms with E-state index in [0.717, 1.165) is 37.1 Å². The summed E-state index contributed by atoms with van der Waals surface area (Å²) >= 11 is 0. The van der Waals surface area contributed by atoms with Crippen molar-refractivity contribution in [3.8, 4) is 17.1 Å². The van der Waals surface area contributed by atoms with E-state index in [4.69, 9.17) is 19.4 Å². The van der Waals surface area contributed by atoms with Gasteiger partial charge in [0.15, 0.2) is 15.7 Å². The molecule has 1 amide bonds. The second-order valence-electron chi connectivity index (χ2n) is 10.9. The van der Waals surface area contributed by atoms with Crippen LogP contribution in [0.4, 0.5) is 16.3 Å². The number of sulfone groups is 1. The topological polar surface area (TPSA) is 111 Å². The van der Waals surface area contributed by atoms with E-state index in [1.54, 1.807) is 36.4 Å². The summed E-state index contributed by atoms with van der Waals surface area (Å²) in [6, 6.07) is 18.1. The Morgan fingerprint density at radius 1 is 1.05 bits per heavy atom. The van der Waals surface area contributed by atoms with Crippen LogP contribution in [0, 0.1) is 0 Å². The Balaban J connectivity index is 1.34. The SMILES string of the molecule is C[C@H]1COCCN1c1cc(C2(S(=O)(=O)C3CC3)CCCC2)nc(-c2ccc(NC(=O)Oc3ccccc3)cc2)n1. The Morgan fingerprint density at radius 3 is 2.45 bits per heavy atom. The highest BCUT2D eigenvalue weighted by molar-refractivity contribution is 7.93. The van der Waals surface area contributed by atoms with Crippen molar-refractivity contribution in [3.05, 3.63) is 66.4 Å². The van der Waals surface area contributed by atoms with Crippen LogP contribution in [0.15, 0.2) is 60.7 Å². The van der Waals surface area contributed by atoms with Crippen molar-refractivity contribution >= 4 is 27.4 Å². The minimum absolute atomic E-state index is 0.103. The summed E-state index contributed by atoms with van der Waals surface area (Å²) in [5.74, 6) is 1.65. The Hall–Kier alpha value is -3.50. The molecule has 1 N–H and O–H groups in total. The number of nitrogens with one attached hydrogen (secondary N) is 1. The molecule has 2 aliphatic carbocycles. The van der Waals surface area contributed by atoms with E-state index in [0.29, 0.717) is 55.6 Å². The molecule has 3 aromatic rings. The lowest BCUT2D eigenvalue weighted by molar-refractivity contribution is 0.0985. The summed E-state index contributed by atoms with van der Waals surface area (Å²) < 4.78 is 37.7. The smallest absolute Gasteiger partial charge is 0.410 e. The fourth-order valence-electron chi connectivity index (χ4n) is 5.78. The maximum atomic E-state index is 13.8. The van der Waals surface area contributed by atoms with Crippen LogP contribution in [0.5, 0.6) is 5.75 Å². The lowest BCUT2D eigenvalue weighted by atomic mass is 10.0. The first-order valence-electron chi connectivity index (χ1n) is 14.0. The molecule has 2 heterocycles. The van der Waals surface area contributed by atoms with Crippen molar-refractivity contribution < 1.29 is 22.7 Å². The molecule has 2 aromatic carbocycles. The highest BCUT2D eigenvalue weighted by Gasteiger charge is 2.55. The number of amides is 1. The normalized spacial score (nSPS) is 20.7. The van der Waals surface area contributed by atoms with Crippen LogP contribution in [-0.4, -0.2) is 55.5 Å². The summed E-state index contributed by atoms with van der Waals surface area (Å²) in [5.41, 5.74) is 1.90. The maximum Gasteiger partial charge on any atom is 0.417 e. The number of hydrogen-bond donors (Lipinski definition) is 1. The molecule has 1 aliphatic heterocycles. The molecule has 0 unspecified atom stereocenters. The van der Waals surface area contributed by atoms with Crippen molar-refractivity contribution in [2.75, 3.05) is 30.0 Å². The van der Waals surface area contributed by atoms with Crippen LogP contribution in [0.2, 0.25) is 0 Å². The van der Waals surface area contributed by atoms with E-state index in [2.05, 4.69) is 17.1 Å². The summed E-state index contributed by atoms with van der Waals surface area (Å²) in [7, 11) is -3.38. The molecule has 3 fully saturated rings. The van der Waals surface area contributed by atoms with Crippen molar-refractivity contribution in [1.29, 1.82) is 0 Å². The number of morpholine rings is 1. The van der Waals surface area contributed by atoms with Gasteiger partial charge < -0.3 is 14.4 Å². The maximum absolute atomic E-state index is 13.8. The van der Waals surface area contributed by atoms with Crippen molar-refractivity contribution in [2.45, 2.75) is 61.5 Å². The molecule has 3 aliphatic rings. The average Bonchev–Trinajstić information content (AvgIpc) is 3.71. The summed E-state index contributed by atoms with van der Waals surface area (Å²) in [6.45, 7) is 3.93. The van der Waals surface area contributed by atoms with Crippen molar-refractivity contribution in [2.24, 2.45) is 0 Å². The van der Waals surface area contributed by atoms with Gasteiger partial charge in [-0.25, -0.2) is 23.2 Å². The zero-order valence-electron chi connectivity index (χ0n) is 22.6. The molecule has 2 saturated carbocycles. The summed E-state index contributed by atoms with van der Waals surface area (Å²) in [5, 5.41) is 2.47. The lowest BCUT2D eigenvalue weighted by Crippen LogP contribution is -2.44. The number of hydrogen-bond acceptors (Lipinski definition) is 8. The van der Waals surface area contributed by atoms with E-state index < -0.39 is 20.7 Å². The van der Waals surface area contributed by atoms with Crippen LogP contribution in [0.25, 0.3) is 11.4 Å². The van der Waals surface area contributed by atoms with Gasteiger partial charge in [-0.3, -0.25) is 5.32 Å². The number of benzene rings is 2. The third kappa shape index (κ3) is 5.17. The van der Waals surface area contributed by atoms with E-state index >= 15 is 0 Å². The highest BCUT2D eigenvalue weighted by Crippen LogP contribution is 2.51. The van der Waals surface area contributed by atoms with E-state index in [1.165, 1.54) is 0 Å². The van der Waals surface area contributed by atoms with Crippen LogP contribution in [0.3, 0.4) is 0 Å². The molecule has 0 spiro atoms. The largest absolute Gasteiger partial charge is 0.417 e. The fraction of sp³-hybridized carbons (Fsp3) is 0.433. The van der Waals surface area contributed by atoms with Gasteiger partial charge >= 0.3 is 6.09 Å². The lowest BCUT2D eigenvalue weighted by Gasteiger charge is -2.36. The quantitative estimate of drug-likeness (QED) is 0.412. The van der Waals surface area contributed by atoms with Gasteiger partial charge in [0.25, 0.3) is 0 Å². The Labute approximate surface area is 234 Å². The number of rotatable bonds is 7. The summed E-state index contributed by atoms with van der Waals surface area (Å²) in [4.78, 5) is 24.4.